The van der Waals surface area contributed by atoms with E-state index in [1.807, 2.05) is 6.92 Å². The molecule has 0 aromatic heterocycles. The minimum Gasteiger partial charge on any atom is -0.492 e. The van der Waals surface area contributed by atoms with Crippen molar-refractivity contribution in [2.45, 2.75) is 30.7 Å². The Balaban J connectivity index is 2.48. The van der Waals surface area contributed by atoms with E-state index >= 15 is 0 Å². The highest BCUT2D eigenvalue weighted by molar-refractivity contribution is 7.90. The molecule has 2 N–H and O–H groups in total. The summed E-state index contributed by atoms with van der Waals surface area (Å²) >= 11 is 0. The van der Waals surface area contributed by atoms with Crippen LogP contribution in [0.15, 0.2) is 29.2 Å². The average molecular weight is 315 g/mol. The number of hydrogen-bond donors (Lipinski definition) is 2. The molecule has 118 valence electrons. The number of carboxylic acid groups (broad SMARTS) is 1. The third-order valence-electron chi connectivity index (χ3n) is 2.87. The van der Waals surface area contributed by atoms with E-state index in [9.17, 15) is 13.2 Å². The van der Waals surface area contributed by atoms with Gasteiger partial charge in [-0.1, -0.05) is 19.4 Å². The van der Waals surface area contributed by atoms with Crippen LogP contribution in [0.4, 0.5) is 0 Å². The second kappa shape index (κ2) is 7.99. The van der Waals surface area contributed by atoms with Crippen LogP contribution in [-0.4, -0.2) is 44.9 Å². The Hall–Kier alpha value is -1.60. The van der Waals surface area contributed by atoms with Gasteiger partial charge in [-0.15, -0.1) is 0 Å². The van der Waals surface area contributed by atoms with E-state index in [2.05, 4.69) is 5.32 Å². The predicted octanol–water partition coefficient (Wildman–Crippen LogP) is 1.31. The Morgan fingerprint density at radius 1 is 1.43 bits per heavy atom. The van der Waals surface area contributed by atoms with Crippen molar-refractivity contribution >= 4 is 15.8 Å². The molecule has 0 bridgehead atoms. The van der Waals surface area contributed by atoms with E-state index in [4.69, 9.17) is 9.84 Å². The highest BCUT2D eigenvalue weighted by atomic mass is 32.2. The van der Waals surface area contributed by atoms with E-state index in [-0.39, 0.29) is 11.5 Å². The average Bonchev–Trinajstić information content (AvgIpc) is 2.41. The summed E-state index contributed by atoms with van der Waals surface area (Å²) in [6.45, 7) is 2.56. The van der Waals surface area contributed by atoms with Crippen LogP contribution in [0.2, 0.25) is 0 Å². The van der Waals surface area contributed by atoms with E-state index < -0.39 is 21.8 Å². The van der Waals surface area contributed by atoms with Crippen LogP contribution in [0.3, 0.4) is 0 Å². The van der Waals surface area contributed by atoms with E-state index in [1.165, 1.54) is 12.1 Å². The molecule has 1 atom stereocenters. The first-order valence-corrected chi connectivity index (χ1v) is 8.63. The number of hydrogen-bond acceptors (Lipinski definition) is 5. The largest absolute Gasteiger partial charge is 0.492 e. The van der Waals surface area contributed by atoms with Crippen LogP contribution < -0.4 is 10.1 Å². The normalized spacial score (nSPS) is 12.9. The van der Waals surface area contributed by atoms with Crippen LogP contribution in [0.25, 0.3) is 0 Å². The van der Waals surface area contributed by atoms with Gasteiger partial charge < -0.3 is 15.2 Å². The highest BCUT2D eigenvalue weighted by Crippen LogP contribution is 2.17. The third kappa shape index (κ3) is 6.14. The summed E-state index contributed by atoms with van der Waals surface area (Å²) < 4.78 is 28.3. The molecular formula is C14H21NO5S. The summed E-state index contributed by atoms with van der Waals surface area (Å²) in [4.78, 5) is 11.1. The van der Waals surface area contributed by atoms with Crippen LogP contribution >= 0.6 is 0 Å². The molecule has 6 nitrogen and oxygen atoms in total. The van der Waals surface area contributed by atoms with Gasteiger partial charge in [0, 0.05) is 12.8 Å². The molecule has 7 heteroatoms. The van der Waals surface area contributed by atoms with Gasteiger partial charge in [-0.05, 0) is 24.6 Å². The van der Waals surface area contributed by atoms with Crippen molar-refractivity contribution in [1.29, 1.82) is 0 Å². The molecule has 0 aliphatic rings. The molecule has 0 amide bonds. The summed E-state index contributed by atoms with van der Waals surface area (Å²) in [5, 5.41) is 11.9. The standard InChI is InChI=1S/C14H21NO5S/c1-3-5-13(14(16)17)15-8-9-20-11-6-4-7-12(10-11)21(2,18)19/h4,6-7,10,13,15H,3,5,8-9H2,1-2H3,(H,16,17). The number of ether oxygens (including phenoxy) is 1. The first kappa shape index (κ1) is 17.5. The Morgan fingerprint density at radius 3 is 2.71 bits per heavy atom. The van der Waals surface area contributed by atoms with Crippen LogP contribution in [-0.2, 0) is 14.6 Å². The third-order valence-corrected chi connectivity index (χ3v) is 3.98. The molecule has 0 fully saturated rings. The van der Waals surface area contributed by atoms with E-state index in [1.54, 1.807) is 12.1 Å². The van der Waals surface area contributed by atoms with Gasteiger partial charge in [0.1, 0.15) is 18.4 Å². The lowest BCUT2D eigenvalue weighted by Crippen LogP contribution is -2.38. The molecule has 0 saturated carbocycles. The SMILES string of the molecule is CCCC(NCCOc1cccc(S(C)(=O)=O)c1)C(=O)O. The number of sulfone groups is 1. The van der Waals surface area contributed by atoms with Gasteiger partial charge >= 0.3 is 5.97 Å². The summed E-state index contributed by atoms with van der Waals surface area (Å²) in [6.07, 6.45) is 2.47. The van der Waals surface area contributed by atoms with Crippen LogP contribution in [0.1, 0.15) is 19.8 Å². The minimum absolute atomic E-state index is 0.197. The van der Waals surface area contributed by atoms with Gasteiger partial charge in [0.15, 0.2) is 9.84 Å². The Kier molecular flexibility index (Phi) is 6.64. The maximum atomic E-state index is 11.4. The number of aliphatic carboxylic acids is 1. The van der Waals surface area contributed by atoms with Crippen molar-refractivity contribution in [3.63, 3.8) is 0 Å². The first-order chi connectivity index (χ1) is 9.84. The zero-order valence-corrected chi connectivity index (χ0v) is 13.0. The molecule has 0 radical (unpaired) electrons. The summed E-state index contributed by atoms with van der Waals surface area (Å²) in [5.41, 5.74) is 0. The van der Waals surface area contributed by atoms with E-state index in [0.717, 1.165) is 12.7 Å². The molecule has 0 spiro atoms. The second-order valence-corrected chi connectivity index (χ2v) is 6.74. The van der Waals surface area contributed by atoms with Crippen LogP contribution in [0.5, 0.6) is 5.75 Å². The first-order valence-electron chi connectivity index (χ1n) is 6.73. The van der Waals surface area contributed by atoms with Crippen molar-refractivity contribution in [3.8, 4) is 5.75 Å². The molecule has 1 unspecified atom stereocenters. The minimum atomic E-state index is -3.26. The number of nitrogens with one attached hydrogen (secondary N) is 1. The quantitative estimate of drug-likeness (QED) is 0.668. The van der Waals surface area contributed by atoms with Crippen LogP contribution in [0, 0.1) is 0 Å². The van der Waals surface area contributed by atoms with Gasteiger partial charge in [0.2, 0.25) is 0 Å². The fourth-order valence-electron chi connectivity index (χ4n) is 1.80. The molecular weight excluding hydrogens is 294 g/mol. The van der Waals surface area contributed by atoms with Crippen molar-refractivity contribution in [1.82, 2.24) is 5.32 Å². The lowest BCUT2D eigenvalue weighted by atomic mass is 10.2. The number of carbonyl (C=O) groups is 1. The summed E-state index contributed by atoms with van der Waals surface area (Å²) in [5.74, 6) is -0.432. The Morgan fingerprint density at radius 2 is 2.14 bits per heavy atom. The number of benzene rings is 1. The molecule has 0 aliphatic carbocycles. The highest BCUT2D eigenvalue weighted by Gasteiger charge is 2.14. The molecule has 1 rings (SSSR count). The number of carboxylic acids is 1. The zero-order valence-electron chi connectivity index (χ0n) is 12.2. The monoisotopic (exact) mass is 315 g/mol. The molecule has 0 aliphatic heterocycles. The molecule has 1 aromatic carbocycles. The van der Waals surface area contributed by atoms with Gasteiger partial charge in [0.25, 0.3) is 0 Å². The zero-order chi connectivity index (χ0) is 15.9. The van der Waals surface area contributed by atoms with Crippen molar-refractivity contribution in [2.24, 2.45) is 0 Å². The van der Waals surface area contributed by atoms with E-state index in [0.29, 0.717) is 18.7 Å². The molecule has 0 saturated heterocycles. The number of rotatable bonds is 9. The van der Waals surface area contributed by atoms with Gasteiger partial charge in [-0.25, -0.2) is 8.42 Å². The maximum absolute atomic E-state index is 11.4. The van der Waals surface area contributed by atoms with Crippen molar-refractivity contribution in [2.75, 3.05) is 19.4 Å². The fraction of sp³-hybridized carbons (Fsp3) is 0.500. The van der Waals surface area contributed by atoms with Gasteiger partial charge in [-0.2, -0.15) is 0 Å². The van der Waals surface area contributed by atoms with Crippen molar-refractivity contribution < 1.29 is 23.1 Å². The van der Waals surface area contributed by atoms with Gasteiger partial charge in [-0.3, -0.25) is 4.79 Å². The summed E-state index contributed by atoms with van der Waals surface area (Å²) in [7, 11) is -3.26. The van der Waals surface area contributed by atoms with Gasteiger partial charge in [0.05, 0.1) is 4.90 Å². The smallest absolute Gasteiger partial charge is 0.320 e. The lowest BCUT2D eigenvalue weighted by Gasteiger charge is -2.14. The predicted molar refractivity (Wildman–Crippen MR) is 79.4 cm³/mol. The molecule has 0 heterocycles. The Labute approximate surface area is 125 Å². The lowest BCUT2D eigenvalue weighted by molar-refractivity contribution is -0.139. The summed E-state index contributed by atoms with van der Waals surface area (Å²) in [6, 6.07) is 5.64. The maximum Gasteiger partial charge on any atom is 0.320 e. The molecule has 1 aromatic rings. The topological polar surface area (TPSA) is 92.7 Å². The van der Waals surface area contributed by atoms with Crippen molar-refractivity contribution in [3.05, 3.63) is 24.3 Å². The fourth-order valence-corrected chi connectivity index (χ4v) is 2.45. The molecule has 21 heavy (non-hydrogen) atoms. The second-order valence-electron chi connectivity index (χ2n) is 4.73. The Bertz CT molecular complexity index is 570.